The molecule has 222 valence electrons. The molecule has 1 aliphatic carbocycles. The number of anilines is 1. The number of nitrogens with zero attached hydrogens (tertiary/aromatic N) is 2. The fraction of sp³-hybridized carbons (Fsp3) is 0.344. The van der Waals surface area contributed by atoms with E-state index >= 15 is 0 Å². The Morgan fingerprint density at radius 2 is 1.60 bits per heavy atom. The van der Waals surface area contributed by atoms with Gasteiger partial charge in [-0.3, -0.25) is 13.9 Å². The van der Waals surface area contributed by atoms with Gasteiger partial charge in [-0.1, -0.05) is 63.4 Å². The standard InChI is InChI=1S/C32H38N4O5S/c1-24(2)26-15-17-28(18-16-26)36(42(39,40)30-11-7-4-8-12-30)22-31(37)35-33-21-25-13-19-29(20-14-25)41-23-32(38)34-27-9-5-3-6-10-27/h4,7-8,11-21,24,27H,3,5-6,9-10,22-23H2,1-2H3,(H,34,38)(H,35,37)/b33-21-. The van der Waals surface area contributed by atoms with Crippen LogP contribution in [0.15, 0.2) is 88.9 Å². The van der Waals surface area contributed by atoms with E-state index in [0.717, 1.165) is 35.6 Å². The van der Waals surface area contributed by atoms with Gasteiger partial charge >= 0.3 is 0 Å². The van der Waals surface area contributed by atoms with Gasteiger partial charge in [-0.2, -0.15) is 5.10 Å². The van der Waals surface area contributed by atoms with Crippen LogP contribution in [0.5, 0.6) is 5.75 Å². The third-order valence-corrected chi connectivity index (χ3v) is 8.88. The van der Waals surface area contributed by atoms with Gasteiger partial charge in [-0.15, -0.1) is 0 Å². The molecule has 0 spiro atoms. The summed E-state index contributed by atoms with van der Waals surface area (Å²) in [5, 5.41) is 7.02. The minimum Gasteiger partial charge on any atom is -0.484 e. The number of ether oxygens (including phenoxy) is 1. The molecule has 1 saturated carbocycles. The van der Waals surface area contributed by atoms with E-state index in [0.29, 0.717) is 17.0 Å². The van der Waals surface area contributed by atoms with Crippen LogP contribution in [0.4, 0.5) is 5.69 Å². The SMILES string of the molecule is CC(C)c1ccc(N(CC(=O)N/N=C\c2ccc(OCC(=O)NC3CCCCC3)cc2)S(=O)(=O)c2ccccc2)cc1. The molecule has 42 heavy (non-hydrogen) atoms. The number of hydrogen-bond donors (Lipinski definition) is 2. The Labute approximate surface area is 248 Å². The summed E-state index contributed by atoms with van der Waals surface area (Å²) in [7, 11) is -4.01. The second kappa shape index (κ2) is 14.6. The van der Waals surface area contributed by atoms with Gasteiger partial charge in [0.1, 0.15) is 12.3 Å². The Kier molecular flexibility index (Phi) is 10.7. The topological polar surface area (TPSA) is 117 Å². The molecule has 0 aliphatic heterocycles. The Bertz CT molecular complexity index is 1450. The summed E-state index contributed by atoms with van der Waals surface area (Å²) in [6.07, 6.45) is 7.00. The summed E-state index contributed by atoms with van der Waals surface area (Å²) in [4.78, 5) is 25.1. The van der Waals surface area contributed by atoms with Crippen molar-refractivity contribution in [3.05, 3.63) is 90.0 Å². The van der Waals surface area contributed by atoms with Crippen molar-refractivity contribution in [1.82, 2.24) is 10.7 Å². The van der Waals surface area contributed by atoms with Crippen molar-refractivity contribution in [3.8, 4) is 5.75 Å². The van der Waals surface area contributed by atoms with Crippen LogP contribution in [0.2, 0.25) is 0 Å². The summed E-state index contributed by atoms with van der Waals surface area (Å²) in [6, 6.07) is 22.3. The zero-order valence-corrected chi connectivity index (χ0v) is 24.8. The molecule has 1 fully saturated rings. The molecule has 1 aliphatic rings. The summed E-state index contributed by atoms with van der Waals surface area (Å²) >= 11 is 0. The first-order chi connectivity index (χ1) is 20.2. The lowest BCUT2D eigenvalue weighted by Crippen LogP contribution is -2.39. The van der Waals surface area contributed by atoms with Gasteiger partial charge in [-0.05, 0) is 78.4 Å². The number of hydrogen-bond acceptors (Lipinski definition) is 6. The van der Waals surface area contributed by atoms with E-state index in [1.807, 2.05) is 12.1 Å². The van der Waals surface area contributed by atoms with Crippen molar-refractivity contribution < 1.29 is 22.7 Å². The lowest BCUT2D eigenvalue weighted by molar-refractivity contribution is -0.124. The molecular weight excluding hydrogens is 552 g/mol. The van der Waals surface area contributed by atoms with Crippen LogP contribution in [0.3, 0.4) is 0 Å². The molecule has 0 unspecified atom stereocenters. The summed E-state index contributed by atoms with van der Waals surface area (Å²) in [6.45, 7) is 3.60. The van der Waals surface area contributed by atoms with Gasteiger partial charge in [0, 0.05) is 6.04 Å². The minimum absolute atomic E-state index is 0.0530. The molecule has 4 rings (SSSR count). The quantitative estimate of drug-likeness (QED) is 0.228. The van der Waals surface area contributed by atoms with E-state index in [4.69, 9.17) is 4.74 Å². The molecule has 10 heteroatoms. The van der Waals surface area contributed by atoms with Gasteiger partial charge < -0.3 is 10.1 Å². The molecule has 0 aromatic heterocycles. The van der Waals surface area contributed by atoms with E-state index in [1.54, 1.807) is 54.6 Å². The lowest BCUT2D eigenvalue weighted by Gasteiger charge is -2.24. The van der Waals surface area contributed by atoms with Crippen molar-refractivity contribution in [3.63, 3.8) is 0 Å². The first kappa shape index (κ1) is 30.8. The highest BCUT2D eigenvalue weighted by Gasteiger charge is 2.27. The van der Waals surface area contributed by atoms with Crippen LogP contribution >= 0.6 is 0 Å². The lowest BCUT2D eigenvalue weighted by atomic mass is 9.95. The van der Waals surface area contributed by atoms with Crippen LogP contribution in [-0.2, 0) is 19.6 Å². The van der Waals surface area contributed by atoms with Gasteiger partial charge in [0.15, 0.2) is 6.61 Å². The zero-order chi connectivity index (χ0) is 30.0. The molecule has 0 saturated heterocycles. The van der Waals surface area contributed by atoms with Gasteiger partial charge in [0.2, 0.25) is 0 Å². The normalized spacial score (nSPS) is 14.1. The van der Waals surface area contributed by atoms with Crippen molar-refractivity contribution >= 4 is 33.7 Å². The van der Waals surface area contributed by atoms with Crippen molar-refractivity contribution in [1.29, 1.82) is 0 Å². The predicted molar refractivity (Wildman–Crippen MR) is 164 cm³/mol. The molecule has 2 N–H and O–H groups in total. The van der Waals surface area contributed by atoms with E-state index < -0.39 is 22.5 Å². The molecular formula is C32H38N4O5S. The molecule has 3 aromatic rings. The number of rotatable bonds is 12. The number of sulfonamides is 1. The van der Waals surface area contributed by atoms with Crippen LogP contribution in [0, 0.1) is 0 Å². The smallest absolute Gasteiger partial charge is 0.264 e. The zero-order valence-electron chi connectivity index (χ0n) is 24.0. The maximum Gasteiger partial charge on any atom is 0.264 e. The largest absolute Gasteiger partial charge is 0.484 e. The highest BCUT2D eigenvalue weighted by Crippen LogP contribution is 2.26. The molecule has 9 nitrogen and oxygen atoms in total. The molecule has 0 atom stereocenters. The van der Waals surface area contributed by atoms with E-state index in [2.05, 4.69) is 29.7 Å². The van der Waals surface area contributed by atoms with Crippen LogP contribution in [0.25, 0.3) is 0 Å². The van der Waals surface area contributed by atoms with Crippen LogP contribution in [0.1, 0.15) is 63.0 Å². The van der Waals surface area contributed by atoms with Crippen LogP contribution in [-0.4, -0.2) is 45.6 Å². The number of hydrazone groups is 1. The number of amides is 2. The molecule has 0 bridgehead atoms. The maximum atomic E-state index is 13.5. The van der Waals surface area contributed by atoms with E-state index in [1.165, 1.54) is 24.8 Å². The second-order valence-electron chi connectivity index (χ2n) is 10.6. The number of benzene rings is 3. The monoisotopic (exact) mass is 590 g/mol. The Hall–Kier alpha value is -4.18. The van der Waals surface area contributed by atoms with Gasteiger partial charge in [0.25, 0.3) is 21.8 Å². The number of carbonyl (C=O) groups excluding carboxylic acids is 2. The molecule has 0 radical (unpaired) electrons. The first-order valence-corrected chi connectivity index (χ1v) is 15.7. The van der Waals surface area contributed by atoms with E-state index in [9.17, 15) is 18.0 Å². The van der Waals surface area contributed by atoms with Crippen molar-refractivity contribution in [2.24, 2.45) is 5.10 Å². The Balaban J connectivity index is 1.34. The van der Waals surface area contributed by atoms with Crippen molar-refractivity contribution in [2.45, 2.75) is 62.8 Å². The maximum absolute atomic E-state index is 13.5. The molecule has 0 heterocycles. The highest BCUT2D eigenvalue weighted by atomic mass is 32.2. The van der Waals surface area contributed by atoms with Gasteiger partial charge in [0.05, 0.1) is 16.8 Å². The van der Waals surface area contributed by atoms with E-state index in [-0.39, 0.29) is 29.4 Å². The molecule has 3 aromatic carbocycles. The second-order valence-corrected chi connectivity index (χ2v) is 12.5. The van der Waals surface area contributed by atoms with Crippen LogP contribution < -0.4 is 19.8 Å². The third-order valence-electron chi connectivity index (χ3n) is 7.09. The number of nitrogens with one attached hydrogen (secondary N) is 2. The Morgan fingerprint density at radius 1 is 0.929 bits per heavy atom. The third kappa shape index (κ3) is 8.66. The fourth-order valence-corrected chi connectivity index (χ4v) is 6.16. The summed E-state index contributed by atoms with van der Waals surface area (Å²) < 4.78 is 33.6. The number of carbonyl (C=O) groups is 2. The molecule has 2 amide bonds. The first-order valence-electron chi connectivity index (χ1n) is 14.2. The minimum atomic E-state index is -4.01. The Morgan fingerprint density at radius 3 is 2.24 bits per heavy atom. The fourth-order valence-electron chi connectivity index (χ4n) is 4.72. The predicted octanol–water partition coefficient (Wildman–Crippen LogP) is 4.98. The van der Waals surface area contributed by atoms with Crippen molar-refractivity contribution in [2.75, 3.05) is 17.5 Å². The van der Waals surface area contributed by atoms with Gasteiger partial charge in [-0.25, -0.2) is 13.8 Å². The highest BCUT2D eigenvalue weighted by molar-refractivity contribution is 7.92. The average Bonchev–Trinajstić information content (AvgIpc) is 3.00. The summed E-state index contributed by atoms with van der Waals surface area (Å²) in [5.74, 6) is 0.0968. The summed E-state index contributed by atoms with van der Waals surface area (Å²) in [5.41, 5.74) is 4.54. The average molecular weight is 591 g/mol.